The van der Waals surface area contributed by atoms with E-state index in [1.807, 2.05) is 0 Å². The summed E-state index contributed by atoms with van der Waals surface area (Å²) >= 11 is 5.47. The van der Waals surface area contributed by atoms with Crippen molar-refractivity contribution in [3.05, 3.63) is 0 Å². The zero-order valence-corrected chi connectivity index (χ0v) is 7.34. The van der Waals surface area contributed by atoms with Gasteiger partial charge in [0.2, 0.25) is 5.96 Å². The summed E-state index contributed by atoms with van der Waals surface area (Å²) in [5.74, 6) is -1.04. The van der Waals surface area contributed by atoms with E-state index in [1.165, 1.54) is 0 Å². The number of guanidine groups is 1. The fourth-order valence-corrected chi connectivity index (χ4v) is 0.767. The highest BCUT2D eigenvalue weighted by Crippen LogP contribution is 2.00. The molecule has 70 valence electrons. The molecule has 6 heteroatoms. The first-order valence-corrected chi connectivity index (χ1v) is 3.87. The van der Waals surface area contributed by atoms with Gasteiger partial charge in [0.15, 0.2) is 0 Å². The lowest BCUT2D eigenvalue weighted by Gasteiger charge is -2.11. The van der Waals surface area contributed by atoms with Crippen molar-refractivity contribution in [1.82, 2.24) is 4.42 Å². The molecule has 0 amide bonds. The van der Waals surface area contributed by atoms with E-state index in [-0.39, 0.29) is 12.4 Å². The summed E-state index contributed by atoms with van der Waals surface area (Å²) in [6, 6.07) is 0. The average Bonchev–Trinajstić information content (AvgIpc) is 1.97. The summed E-state index contributed by atoms with van der Waals surface area (Å²) in [5, 5.41) is 15.2. The third-order valence-corrected chi connectivity index (χ3v) is 1.61. The molecule has 0 aromatic heterocycles. The summed E-state index contributed by atoms with van der Waals surface area (Å²) < 4.78 is 1.06. The van der Waals surface area contributed by atoms with Gasteiger partial charge in [0.1, 0.15) is 0 Å². The fraction of sp³-hybridized carbons (Fsp3) is 0.667. The Kier molecular flexibility index (Phi) is 5.19. The number of carbonyl (C=O) groups is 1. The van der Waals surface area contributed by atoms with Crippen molar-refractivity contribution in [1.29, 1.82) is 5.41 Å². The molecule has 5 nitrogen and oxygen atoms in total. The van der Waals surface area contributed by atoms with Crippen molar-refractivity contribution >= 4 is 23.7 Å². The minimum Gasteiger partial charge on any atom is -0.481 e. The predicted octanol–water partition coefficient (Wildman–Crippen LogP) is 0.591. The quantitative estimate of drug-likeness (QED) is 0.258. The van der Waals surface area contributed by atoms with Crippen molar-refractivity contribution in [2.24, 2.45) is 5.73 Å². The van der Waals surface area contributed by atoms with Crippen LogP contribution in [0.1, 0.15) is 19.3 Å². The smallest absolute Gasteiger partial charge is 0.303 e. The first-order chi connectivity index (χ1) is 5.54. The Balaban J connectivity index is 3.31. The molecule has 0 fully saturated rings. The molecule has 0 atom stereocenters. The maximum Gasteiger partial charge on any atom is 0.303 e. The van der Waals surface area contributed by atoms with E-state index in [0.717, 1.165) is 4.42 Å². The van der Waals surface area contributed by atoms with Crippen LogP contribution in [0.4, 0.5) is 0 Å². The molecular weight excluding hydrogens is 182 g/mol. The van der Waals surface area contributed by atoms with Crippen molar-refractivity contribution in [2.75, 3.05) is 6.54 Å². The highest BCUT2D eigenvalue weighted by atomic mass is 35.5. The molecule has 0 heterocycles. The molecule has 0 aromatic rings. The third kappa shape index (κ3) is 5.79. The van der Waals surface area contributed by atoms with E-state index in [4.69, 9.17) is 28.0 Å². The second-order valence-corrected chi connectivity index (χ2v) is 2.73. The van der Waals surface area contributed by atoms with Gasteiger partial charge in [-0.2, -0.15) is 0 Å². The van der Waals surface area contributed by atoms with Gasteiger partial charge < -0.3 is 10.8 Å². The van der Waals surface area contributed by atoms with Gasteiger partial charge in [-0.25, -0.2) is 0 Å². The predicted molar refractivity (Wildman–Crippen MR) is 46.0 cm³/mol. The normalized spacial score (nSPS) is 9.42. The van der Waals surface area contributed by atoms with E-state index in [1.54, 1.807) is 0 Å². The number of halogens is 1. The number of unbranched alkanes of at least 4 members (excludes halogenated alkanes) is 1. The van der Waals surface area contributed by atoms with Crippen LogP contribution in [0.3, 0.4) is 0 Å². The maximum absolute atomic E-state index is 10.1. The minimum absolute atomic E-state index is 0.128. The van der Waals surface area contributed by atoms with Crippen LogP contribution in [-0.4, -0.2) is 28.0 Å². The Bertz CT molecular complexity index is 174. The van der Waals surface area contributed by atoms with Crippen LogP contribution < -0.4 is 5.73 Å². The second kappa shape index (κ2) is 5.65. The van der Waals surface area contributed by atoms with Crippen LogP contribution in [0.5, 0.6) is 0 Å². The molecule has 0 spiro atoms. The zero-order valence-electron chi connectivity index (χ0n) is 6.59. The average molecular weight is 194 g/mol. The van der Waals surface area contributed by atoms with E-state index in [2.05, 4.69) is 0 Å². The molecule has 0 saturated heterocycles. The molecule has 0 unspecified atom stereocenters. The number of rotatable bonds is 5. The van der Waals surface area contributed by atoms with Crippen molar-refractivity contribution in [3.63, 3.8) is 0 Å². The monoisotopic (exact) mass is 193 g/mol. The van der Waals surface area contributed by atoms with Gasteiger partial charge in [-0.1, -0.05) is 0 Å². The first-order valence-electron chi connectivity index (χ1n) is 3.53. The minimum atomic E-state index is -0.820. The van der Waals surface area contributed by atoms with Crippen LogP contribution in [0.2, 0.25) is 0 Å². The van der Waals surface area contributed by atoms with Gasteiger partial charge in [-0.15, -0.1) is 0 Å². The molecule has 0 aliphatic carbocycles. The molecular formula is C6H12ClN3O2. The summed E-state index contributed by atoms with van der Waals surface area (Å²) in [4.78, 5) is 10.1. The molecule has 0 aliphatic rings. The zero-order chi connectivity index (χ0) is 9.56. The number of nitrogens with two attached hydrogens (primary N) is 1. The van der Waals surface area contributed by atoms with Crippen LogP contribution in [-0.2, 0) is 4.79 Å². The lowest BCUT2D eigenvalue weighted by Crippen LogP contribution is -2.29. The largest absolute Gasteiger partial charge is 0.481 e. The highest BCUT2D eigenvalue weighted by Gasteiger charge is 2.02. The molecule has 0 saturated carbocycles. The summed E-state index contributed by atoms with van der Waals surface area (Å²) in [7, 11) is 0. The van der Waals surface area contributed by atoms with Crippen LogP contribution in [0, 0.1) is 5.41 Å². The fourth-order valence-electron chi connectivity index (χ4n) is 0.647. The van der Waals surface area contributed by atoms with Gasteiger partial charge in [0, 0.05) is 24.7 Å². The Morgan fingerprint density at radius 1 is 1.58 bits per heavy atom. The van der Waals surface area contributed by atoms with E-state index >= 15 is 0 Å². The second-order valence-electron chi connectivity index (χ2n) is 2.32. The maximum atomic E-state index is 10.1. The van der Waals surface area contributed by atoms with E-state index in [9.17, 15) is 4.79 Å². The number of hydrogen-bond donors (Lipinski definition) is 3. The number of carboxylic acids is 1. The van der Waals surface area contributed by atoms with Gasteiger partial charge in [-0.05, 0) is 12.8 Å². The van der Waals surface area contributed by atoms with Crippen LogP contribution in [0.15, 0.2) is 0 Å². The molecule has 12 heavy (non-hydrogen) atoms. The Morgan fingerprint density at radius 3 is 2.58 bits per heavy atom. The number of nitrogens with zero attached hydrogens (tertiary/aromatic N) is 1. The van der Waals surface area contributed by atoms with E-state index < -0.39 is 5.97 Å². The lowest BCUT2D eigenvalue weighted by molar-refractivity contribution is -0.137. The Morgan fingerprint density at radius 2 is 2.17 bits per heavy atom. The lowest BCUT2D eigenvalue weighted by atomic mass is 10.2. The number of hydrogen-bond acceptors (Lipinski definition) is 2. The Labute approximate surface area is 75.7 Å². The molecule has 0 aliphatic heterocycles. The van der Waals surface area contributed by atoms with Crippen molar-refractivity contribution in [3.8, 4) is 0 Å². The number of aliphatic carboxylic acids is 1. The molecule has 0 rings (SSSR count). The van der Waals surface area contributed by atoms with Crippen molar-refractivity contribution < 1.29 is 9.90 Å². The van der Waals surface area contributed by atoms with Gasteiger partial charge in [0.25, 0.3) is 0 Å². The van der Waals surface area contributed by atoms with Crippen molar-refractivity contribution in [2.45, 2.75) is 19.3 Å². The molecule has 0 bridgehead atoms. The van der Waals surface area contributed by atoms with Crippen LogP contribution >= 0.6 is 11.8 Å². The van der Waals surface area contributed by atoms with Gasteiger partial charge in [0.05, 0.1) is 0 Å². The number of carboxylic acid groups (broad SMARTS) is 1. The van der Waals surface area contributed by atoms with Crippen LogP contribution in [0.25, 0.3) is 0 Å². The molecule has 4 N–H and O–H groups in total. The van der Waals surface area contributed by atoms with E-state index in [0.29, 0.717) is 19.4 Å². The Hall–Kier alpha value is -0.970. The van der Waals surface area contributed by atoms with Gasteiger partial charge in [-0.3, -0.25) is 14.6 Å². The van der Waals surface area contributed by atoms with Gasteiger partial charge >= 0.3 is 5.97 Å². The number of nitrogens with one attached hydrogen (secondary N) is 1. The molecule has 0 aromatic carbocycles. The summed E-state index contributed by atoms with van der Waals surface area (Å²) in [6.07, 6.45) is 1.30. The molecule has 0 radical (unpaired) electrons. The summed E-state index contributed by atoms with van der Waals surface area (Å²) in [5.41, 5.74) is 5.04. The standard InChI is InChI=1S/C6H12ClN3O2/c7-10(6(8)9)4-2-1-3-5(11)12/h1-4H2,(H3,8,9)(H,11,12). The highest BCUT2D eigenvalue weighted by molar-refractivity contribution is 6.21. The topological polar surface area (TPSA) is 90.4 Å². The SMILES string of the molecule is N=C(N)N(Cl)CCCCC(=O)O. The first kappa shape index (κ1) is 11.0. The summed E-state index contributed by atoms with van der Waals surface area (Å²) in [6.45, 7) is 0.407. The third-order valence-electron chi connectivity index (χ3n) is 1.26.